The zero-order valence-electron chi connectivity index (χ0n) is 10.1. The molecule has 3 nitrogen and oxygen atoms in total. The molecule has 1 heterocycles. The smallest absolute Gasteiger partial charge is 0.230 e. The van der Waals surface area contributed by atoms with Gasteiger partial charge in [0.05, 0.1) is 6.42 Å². The zero-order valence-corrected chi connectivity index (χ0v) is 10.1. The van der Waals surface area contributed by atoms with Crippen molar-refractivity contribution in [1.82, 2.24) is 4.90 Å². The number of amides is 1. The first-order valence-electron chi connectivity index (χ1n) is 6.47. The minimum absolute atomic E-state index is 0.0112. The van der Waals surface area contributed by atoms with E-state index in [1.807, 2.05) is 4.90 Å². The van der Waals surface area contributed by atoms with Gasteiger partial charge in [0.1, 0.15) is 5.78 Å². The van der Waals surface area contributed by atoms with Crippen LogP contribution in [0.15, 0.2) is 0 Å². The molecule has 2 rings (SSSR count). The predicted octanol–water partition coefficient (Wildman–Crippen LogP) is 2.15. The van der Waals surface area contributed by atoms with Gasteiger partial charge in [-0.25, -0.2) is 0 Å². The molecule has 1 aliphatic heterocycles. The average molecular weight is 223 g/mol. The van der Waals surface area contributed by atoms with E-state index in [1.165, 1.54) is 32.6 Å². The first-order valence-corrected chi connectivity index (χ1v) is 6.47. The molecule has 0 N–H and O–H groups in total. The number of carbonyl (C=O) groups excluding carboxylic acids is 2. The molecule has 16 heavy (non-hydrogen) atoms. The van der Waals surface area contributed by atoms with E-state index in [1.54, 1.807) is 0 Å². The number of likely N-dealkylation sites (tertiary alicyclic amines) is 1. The lowest BCUT2D eigenvalue weighted by Gasteiger charge is -2.44. The van der Waals surface area contributed by atoms with Gasteiger partial charge >= 0.3 is 0 Å². The lowest BCUT2D eigenvalue weighted by molar-refractivity contribution is -0.140. The summed E-state index contributed by atoms with van der Waals surface area (Å²) in [6.45, 7) is 2.37. The van der Waals surface area contributed by atoms with Crippen LogP contribution in [0.5, 0.6) is 0 Å². The summed E-state index contributed by atoms with van der Waals surface area (Å²) < 4.78 is 0. The van der Waals surface area contributed by atoms with Crippen molar-refractivity contribution in [2.24, 2.45) is 5.92 Å². The molecule has 3 heteroatoms. The molecule has 1 saturated heterocycles. The maximum absolute atomic E-state index is 12.0. The van der Waals surface area contributed by atoms with Crippen LogP contribution in [0.2, 0.25) is 0 Å². The van der Waals surface area contributed by atoms with E-state index in [9.17, 15) is 9.59 Å². The Balaban J connectivity index is 2.01. The number of carbonyl (C=O) groups is 2. The van der Waals surface area contributed by atoms with Gasteiger partial charge in [-0.3, -0.25) is 9.59 Å². The van der Waals surface area contributed by atoms with Crippen LogP contribution in [0.1, 0.15) is 51.9 Å². The van der Waals surface area contributed by atoms with Crippen LogP contribution in [-0.2, 0) is 9.59 Å². The lowest BCUT2D eigenvalue weighted by Crippen LogP contribution is -2.49. The minimum Gasteiger partial charge on any atom is -0.339 e. The van der Waals surface area contributed by atoms with E-state index < -0.39 is 0 Å². The van der Waals surface area contributed by atoms with Crippen LogP contribution in [0.3, 0.4) is 0 Å². The third-order valence-corrected chi connectivity index (χ3v) is 3.96. The van der Waals surface area contributed by atoms with E-state index in [0.29, 0.717) is 12.0 Å². The van der Waals surface area contributed by atoms with Crippen molar-refractivity contribution >= 4 is 11.7 Å². The van der Waals surface area contributed by atoms with Gasteiger partial charge in [0.15, 0.2) is 0 Å². The summed E-state index contributed by atoms with van der Waals surface area (Å²) in [5, 5.41) is 0. The van der Waals surface area contributed by atoms with Crippen molar-refractivity contribution in [3.8, 4) is 0 Å². The highest BCUT2D eigenvalue weighted by Gasteiger charge is 2.35. The van der Waals surface area contributed by atoms with Gasteiger partial charge < -0.3 is 4.90 Å². The van der Waals surface area contributed by atoms with Crippen molar-refractivity contribution in [3.63, 3.8) is 0 Å². The predicted molar refractivity (Wildman–Crippen MR) is 62.0 cm³/mol. The van der Waals surface area contributed by atoms with Crippen molar-refractivity contribution in [3.05, 3.63) is 0 Å². The molecule has 0 radical (unpaired) electrons. The SMILES string of the molecule is CC(=O)CC(=O)N1CCCC2CCCCC21. The number of Topliss-reactive ketones (excluding diaryl/α,β-unsaturated/α-hetero) is 1. The zero-order chi connectivity index (χ0) is 11.5. The molecule has 0 aromatic carbocycles. The Morgan fingerprint density at radius 1 is 1.12 bits per heavy atom. The highest BCUT2D eigenvalue weighted by molar-refractivity contribution is 5.96. The summed E-state index contributed by atoms with van der Waals surface area (Å²) in [5.41, 5.74) is 0. The molecule has 90 valence electrons. The Morgan fingerprint density at radius 2 is 1.81 bits per heavy atom. The molecule has 0 aromatic rings. The van der Waals surface area contributed by atoms with Gasteiger partial charge in [-0.15, -0.1) is 0 Å². The third kappa shape index (κ3) is 2.45. The van der Waals surface area contributed by atoms with Crippen molar-refractivity contribution in [2.45, 2.75) is 57.9 Å². The Kier molecular flexibility index (Phi) is 3.62. The Labute approximate surface area is 97.2 Å². The normalized spacial score (nSPS) is 29.7. The summed E-state index contributed by atoms with van der Waals surface area (Å²) in [4.78, 5) is 25.0. The Bertz CT molecular complexity index is 286. The number of nitrogens with zero attached hydrogens (tertiary/aromatic N) is 1. The summed E-state index contributed by atoms with van der Waals surface area (Å²) in [6, 6.07) is 0.439. The van der Waals surface area contributed by atoms with Crippen LogP contribution in [0.25, 0.3) is 0 Å². The molecular weight excluding hydrogens is 202 g/mol. The standard InChI is InChI=1S/C13H21NO2/c1-10(15)9-13(16)14-8-4-6-11-5-2-3-7-12(11)14/h11-12H,2-9H2,1H3. The number of hydrogen-bond donors (Lipinski definition) is 0. The maximum Gasteiger partial charge on any atom is 0.230 e. The van der Waals surface area contributed by atoms with Crippen LogP contribution in [0.4, 0.5) is 0 Å². The molecular formula is C13H21NO2. The minimum atomic E-state index is -0.0112. The highest BCUT2D eigenvalue weighted by atomic mass is 16.2. The first-order chi connectivity index (χ1) is 7.68. The second-order valence-electron chi connectivity index (χ2n) is 5.22. The van der Waals surface area contributed by atoms with Gasteiger partial charge in [-0.05, 0) is 38.5 Å². The summed E-state index contributed by atoms with van der Waals surface area (Å²) in [5.74, 6) is 0.755. The topological polar surface area (TPSA) is 37.4 Å². The van der Waals surface area contributed by atoms with Crippen LogP contribution in [-0.4, -0.2) is 29.2 Å². The van der Waals surface area contributed by atoms with E-state index in [4.69, 9.17) is 0 Å². The van der Waals surface area contributed by atoms with Gasteiger partial charge in [0, 0.05) is 12.6 Å². The monoisotopic (exact) mass is 223 g/mol. The van der Waals surface area contributed by atoms with Crippen LogP contribution >= 0.6 is 0 Å². The second kappa shape index (κ2) is 4.98. The molecule has 2 fully saturated rings. The van der Waals surface area contributed by atoms with E-state index in [-0.39, 0.29) is 18.1 Å². The van der Waals surface area contributed by atoms with Gasteiger partial charge in [-0.2, -0.15) is 0 Å². The second-order valence-corrected chi connectivity index (χ2v) is 5.22. The van der Waals surface area contributed by atoms with Crippen LogP contribution < -0.4 is 0 Å². The fourth-order valence-corrected chi connectivity index (χ4v) is 3.25. The van der Waals surface area contributed by atoms with Crippen molar-refractivity contribution in [1.29, 1.82) is 0 Å². The number of fused-ring (bicyclic) bond motifs is 1. The van der Waals surface area contributed by atoms with E-state index in [2.05, 4.69) is 0 Å². The largest absolute Gasteiger partial charge is 0.339 e. The number of ketones is 1. The molecule has 1 amide bonds. The van der Waals surface area contributed by atoms with Gasteiger partial charge in [0.25, 0.3) is 0 Å². The third-order valence-electron chi connectivity index (χ3n) is 3.96. The molecule has 0 aromatic heterocycles. The summed E-state index contributed by atoms with van der Waals surface area (Å²) in [7, 11) is 0. The fraction of sp³-hybridized carbons (Fsp3) is 0.846. The molecule has 2 atom stereocenters. The Morgan fingerprint density at radius 3 is 2.56 bits per heavy atom. The number of hydrogen-bond acceptors (Lipinski definition) is 2. The van der Waals surface area contributed by atoms with E-state index in [0.717, 1.165) is 19.4 Å². The molecule has 1 saturated carbocycles. The highest BCUT2D eigenvalue weighted by Crippen LogP contribution is 2.35. The molecule has 0 spiro atoms. The fourth-order valence-electron chi connectivity index (χ4n) is 3.25. The molecule has 2 aliphatic rings. The van der Waals surface area contributed by atoms with E-state index >= 15 is 0 Å². The van der Waals surface area contributed by atoms with Crippen LogP contribution in [0, 0.1) is 5.92 Å². The van der Waals surface area contributed by atoms with Crippen molar-refractivity contribution in [2.75, 3.05) is 6.54 Å². The lowest BCUT2D eigenvalue weighted by atomic mass is 9.78. The number of piperidine rings is 1. The van der Waals surface area contributed by atoms with Gasteiger partial charge in [0.2, 0.25) is 5.91 Å². The molecule has 0 bridgehead atoms. The molecule has 1 aliphatic carbocycles. The number of rotatable bonds is 2. The van der Waals surface area contributed by atoms with Crippen molar-refractivity contribution < 1.29 is 9.59 Å². The summed E-state index contributed by atoms with van der Waals surface area (Å²) in [6.07, 6.45) is 7.46. The summed E-state index contributed by atoms with van der Waals surface area (Å²) >= 11 is 0. The quantitative estimate of drug-likeness (QED) is 0.673. The maximum atomic E-state index is 12.0. The molecule has 2 unspecified atom stereocenters. The first kappa shape index (κ1) is 11.6. The van der Waals surface area contributed by atoms with Gasteiger partial charge in [-0.1, -0.05) is 12.8 Å². The Hall–Kier alpha value is -0.860. The average Bonchev–Trinajstić information content (AvgIpc) is 2.27.